The van der Waals surface area contributed by atoms with E-state index in [1.54, 1.807) is 0 Å². The van der Waals surface area contributed by atoms with Gasteiger partial charge in [-0.05, 0) is 48.5 Å². The second-order valence-corrected chi connectivity index (χ2v) is 9.71. The van der Waals surface area contributed by atoms with Gasteiger partial charge in [0.05, 0.1) is 27.8 Å². The van der Waals surface area contributed by atoms with Gasteiger partial charge in [0.15, 0.2) is 5.82 Å². The summed E-state index contributed by atoms with van der Waals surface area (Å²) in [7, 11) is 0. The number of pyridine rings is 1. The van der Waals surface area contributed by atoms with Crippen molar-refractivity contribution in [3.63, 3.8) is 0 Å². The average Bonchev–Trinajstić information content (AvgIpc) is 3.35. The van der Waals surface area contributed by atoms with Gasteiger partial charge in [-0.1, -0.05) is 78.9 Å². The van der Waals surface area contributed by atoms with E-state index in [0.717, 1.165) is 44.3 Å². The maximum absolute atomic E-state index is 5.13. The molecule has 4 nitrogen and oxygen atoms in total. The van der Waals surface area contributed by atoms with E-state index in [1.807, 2.05) is 24.4 Å². The highest BCUT2D eigenvalue weighted by Crippen LogP contribution is 2.34. The number of aromatic nitrogens is 4. The molecule has 39 heavy (non-hydrogen) atoms. The molecule has 0 amide bonds. The zero-order chi connectivity index (χ0) is 25.8. The highest BCUT2D eigenvalue weighted by Gasteiger charge is 2.15. The van der Waals surface area contributed by atoms with E-state index in [4.69, 9.17) is 15.0 Å². The Morgan fingerprint density at radius 2 is 1.18 bits per heavy atom. The minimum absolute atomic E-state index is 0.699. The maximum atomic E-state index is 5.13. The van der Waals surface area contributed by atoms with Gasteiger partial charge in [-0.25, -0.2) is 9.97 Å². The molecule has 0 unspecified atom stereocenters. The maximum Gasteiger partial charge on any atom is 0.160 e. The predicted molar refractivity (Wildman–Crippen MR) is 160 cm³/mol. The smallest absolute Gasteiger partial charge is 0.160 e. The van der Waals surface area contributed by atoms with Crippen LogP contribution in [0.15, 0.2) is 134 Å². The van der Waals surface area contributed by atoms with Gasteiger partial charge >= 0.3 is 0 Å². The Morgan fingerprint density at radius 3 is 1.95 bits per heavy atom. The molecule has 0 bridgehead atoms. The molecule has 0 spiro atoms. The van der Waals surface area contributed by atoms with Crippen molar-refractivity contribution in [3.05, 3.63) is 134 Å². The Hall–Kier alpha value is -5.35. The standard InChI is InChI=1S/C35H22N4/c1-4-15-30-28(13-1)34(29-14-7-9-23-10-8-22-36-33(23)29)38-35(37-30)24-18-20-25(21-19-24)39-31-16-5-2-11-26(31)27-12-3-6-17-32(27)39/h1-22H. The van der Waals surface area contributed by atoms with Gasteiger partial charge in [0.1, 0.15) is 0 Å². The molecule has 0 saturated heterocycles. The third-order valence-electron chi connectivity index (χ3n) is 7.45. The van der Waals surface area contributed by atoms with Crippen LogP contribution in [-0.2, 0) is 0 Å². The molecule has 0 fully saturated rings. The first-order valence-corrected chi connectivity index (χ1v) is 13.0. The van der Waals surface area contributed by atoms with Crippen LogP contribution in [0.2, 0.25) is 0 Å². The highest BCUT2D eigenvalue weighted by molar-refractivity contribution is 6.09. The van der Waals surface area contributed by atoms with E-state index in [2.05, 4.69) is 114 Å². The molecule has 0 aliphatic heterocycles. The first-order chi connectivity index (χ1) is 19.3. The monoisotopic (exact) mass is 498 g/mol. The van der Waals surface area contributed by atoms with Gasteiger partial charge in [0.25, 0.3) is 0 Å². The molecule has 8 rings (SSSR count). The van der Waals surface area contributed by atoms with Crippen molar-refractivity contribution in [1.82, 2.24) is 19.5 Å². The molecule has 0 N–H and O–H groups in total. The molecule has 3 heterocycles. The van der Waals surface area contributed by atoms with Crippen LogP contribution in [0.1, 0.15) is 0 Å². The van der Waals surface area contributed by atoms with Crippen LogP contribution >= 0.6 is 0 Å². The van der Waals surface area contributed by atoms with Gasteiger partial charge in [0, 0.05) is 44.6 Å². The SMILES string of the molecule is c1cnc2c(-c3nc(-c4ccc(-n5c6ccccc6c6ccccc65)cc4)nc4ccccc34)cccc2c1. The lowest BCUT2D eigenvalue weighted by molar-refractivity contribution is 1.17. The third-order valence-corrected chi connectivity index (χ3v) is 7.45. The first kappa shape index (κ1) is 21.7. The molecule has 0 atom stereocenters. The van der Waals surface area contributed by atoms with Crippen molar-refractivity contribution in [3.8, 4) is 28.3 Å². The number of hydrogen-bond acceptors (Lipinski definition) is 3. The molecule has 0 radical (unpaired) electrons. The van der Waals surface area contributed by atoms with Gasteiger partial charge in [-0.15, -0.1) is 0 Å². The predicted octanol–water partition coefficient (Wildman–Crippen LogP) is 8.61. The van der Waals surface area contributed by atoms with Gasteiger partial charge < -0.3 is 4.57 Å². The van der Waals surface area contributed by atoms with Crippen molar-refractivity contribution in [2.75, 3.05) is 0 Å². The normalized spacial score (nSPS) is 11.6. The van der Waals surface area contributed by atoms with Gasteiger partial charge in [-0.2, -0.15) is 0 Å². The van der Waals surface area contributed by atoms with E-state index in [9.17, 15) is 0 Å². The largest absolute Gasteiger partial charge is 0.309 e. The topological polar surface area (TPSA) is 43.6 Å². The first-order valence-electron chi connectivity index (χ1n) is 13.0. The second-order valence-electron chi connectivity index (χ2n) is 9.71. The van der Waals surface area contributed by atoms with Crippen LogP contribution in [0.25, 0.3) is 71.9 Å². The molecule has 5 aromatic carbocycles. The van der Waals surface area contributed by atoms with E-state index in [-0.39, 0.29) is 0 Å². The molecular formula is C35H22N4. The van der Waals surface area contributed by atoms with Crippen molar-refractivity contribution < 1.29 is 0 Å². The van der Waals surface area contributed by atoms with Crippen molar-refractivity contribution >= 4 is 43.6 Å². The van der Waals surface area contributed by atoms with Crippen LogP contribution in [0.5, 0.6) is 0 Å². The summed E-state index contributed by atoms with van der Waals surface area (Å²) < 4.78 is 2.32. The summed E-state index contributed by atoms with van der Waals surface area (Å²) >= 11 is 0. The number of benzene rings is 5. The quantitative estimate of drug-likeness (QED) is 0.245. The van der Waals surface area contributed by atoms with E-state index < -0.39 is 0 Å². The number of nitrogens with zero attached hydrogens (tertiary/aromatic N) is 4. The summed E-state index contributed by atoms with van der Waals surface area (Å²) in [5.74, 6) is 0.699. The van der Waals surface area contributed by atoms with Gasteiger partial charge in [-0.3, -0.25) is 4.98 Å². The fraction of sp³-hybridized carbons (Fsp3) is 0. The number of fused-ring (bicyclic) bond motifs is 5. The lowest BCUT2D eigenvalue weighted by atomic mass is 10.0. The Balaban J connectivity index is 1.30. The lowest BCUT2D eigenvalue weighted by Gasteiger charge is -2.12. The third kappa shape index (κ3) is 3.42. The van der Waals surface area contributed by atoms with Crippen molar-refractivity contribution in [2.45, 2.75) is 0 Å². The van der Waals surface area contributed by atoms with Crippen molar-refractivity contribution in [2.24, 2.45) is 0 Å². The van der Waals surface area contributed by atoms with Gasteiger partial charge in [0.2, 0.25) is 0 Å². The second kappa shape index (κ2) is 8.61. The van der Waals surface area contributed by atoms with Crippen LogP contribution < -0.4 is 0 Å². The van der Waals surface area contributed by atoms with Crippen LogP contribution in [0, 0.1) is 0 Å². The van der Waals surface area contributed by atoms with Crippen LogP contribution in [0.4, 0.5) is 0 Å². The van der Waals surface area contributed by atoms with E-state index >= 15 is 0 Å². The summed E-state index contributed by atoms with van der Waals surface area (Å²) in [6.45, 7) is 0. The fourth-order valence-electron chi connectivity index (χ4n) is 5.67. The Labute approximate surface area is 224 Å². The minimum Gasteiger partial charge on any atom is -0.309 e. The summed E-state index contributed by atoms with van der Waals surface area (Å²) in [6, 6.07) is 44.2. The number of rotatable bonds is 3. The molecule has 4 heteroatoms. The number of hydrogen-bond donors (Lipinski definition) is 0. The highest BCUT2D eigenvalue weighted by atomic mass is 15.0. The molecule has 8 aromatic rings. The van der Waals surface area contributed by atoms with Crippen LogP contribution in [0.3, 0.4) is 0 Å². The van der Waals surface area contributed by atoms with Crippen molar-refractivity contribution in [1.29, 1.82) is 0 Å². The molecule has 0 aliphatic rings. The summed E-state index contributed by atoms with van der Waals surface area (Å²) in [4.78, 5) is 14.8. The molecular weight excluding hydrogens is 476 g/mol. The summed E-state index contributed by atoms with van der Waals surface area (Å²) in [5.41, 5.74) is 8.23. The molecule has 3 aromatic heterocycles. The number of para-hydroxylation sites is 4. The Bertz CT molecular complexity index is 2120. The zero-order valence-corrected chi connectivity index (χ0v) is 21.0. The van der Waals surface area contributed by atoms with Crippen LogP contribution in [-0.4, -0.2) is 19.5 Å². The zero-order valence-electron chi connectivity index (χ0n) is 21.0. The minimum atomic E-state index is 0.699. The molecule has 0 aliphatic carbocycles. The van der Waals surface area contributed by atoms with E-state index in [0.29, 0.717) is 5.82 Å². The fourth-order valence-corrected chi connectivity index (χ4v) is 5.67. The molecule has 0 saturated carbocycles. The average molecular weight is 499 g/mol. The van der Waals surface area contributed by atoms with E-state index in [1.165, 1.54) is 21.8 Å². The lowest BCUT2D eigenvalue weighted by Crippen LogP contribution is -1.97. The Morgan fingerprint density at radius 1 is 0.513 bits per heavy atom. The Kier molecular flexibility index (Phi) is 4.79. The summed E-state index contributed by atoms with van der Waals surface area (Å²) in [5, 5.41) is 4.61. The summed E-state index contributed by atoms with van der Waals surface area (Å²) in [6.07, 6.45) is 1.84. The molecule has 182 valence electrons.